The molecule has 0 aromatic rings. The van der Waals surface area contributed by atoms with Crippen LogP contribution in [0.25, 0.3) is 0 Å². The van der Waals surface area contributed by atoms with Crippen molar-refractivity contribution in [1.29, 1.82) is 0 Å². The van der Waals surface area contributed by atoms with E-state index in [1.807, 2.05) is 6.92 Å². The van der Waals surface area contributed by atoms with E-state index in [9.17, 15) is 9.59 Å². The van der Waals surface area contributed by atoms with Crippen LogP contribution < -0.4 is 0 Å². The van der Waals surface area contributed by atoms with Gasteiger partial charge in [-0.2, -0.15) is 0 Å². The molecule has 0 saturated carbocycles. The first-order valence-electron chi connectivity index (χ1n) is 3.52. The highest BCUT2D eigenvalue weighted by Crippen LogP contribution is 2.10. The number of carbonyl (C=O) groups is 2. The second-order valence-corrected chi connectivity index (χ2v) is 2.42. The number of carboxylic acids is 2. The van der Waals surface area contributed by atoms with Crippen LogP contribution in [-0.4, -0.2) is 22.2 Å². The molecular weight excluding hydrogens is 148 g/mol. The monoisotopic (exact) mass is 160 g/mol. The summed E-state index contributed by atoms with van der Waals surface area (Å²) in [5.41, 5.74) is 0. The summed E-state index contributed by atoms with van der Waals surface area (Å²) < 4.78 is 0. The van der Waals surface area contributed by atoms with Crippen LogP contribution in [0.15, 0.2) is 0 Å². The van der Waals surface area contributed by atoms with Crippen LogP contribution in [0.3, 0.4) is 0 Å². The Morgan fingerprint density at radius 3 is 2.18 bits per heavy atom. The molecule has 0 aliphatic carbocycles. The molecule has 0 spiro atoms. The Labute approximate surface area is 64.8 Å². The van der Waals surface area contributed by atoms with Crippen LogP contribution >= 0.6 is 0 Å². The van der Waals surface area contributed by atoms with Gasteiger partial charge in [0.1, 0.15) is 0 Å². The summed E-state index contributed by atoms with van der Waals surface area (Å²) in [5, 5.41) is 16.8. The highest BCUT2D eigenvalue weighted by molar-refractivity contribution is 5.77. The topological polar surface area (TPSA) is 74.6 Å². The highest BCUT2D eigenvalue weighted by Gasteiger charge is 2.19. The predicted octanol–water partition coefficient (Wildman–Crippen LogP) is 0.962. The highest BCUT2D eigenvalue weighted by atomic mass is 16.4. The summed E-state index contributed by atoms with van der Waals surface area (Å²) in [6, 6.07) is 0. The second kappa shape index (κ2) is 4.71. The van der Waals surface area contributed by atoms with Gasteiger partial charge in [0, 0.05) is 0 Å². The van der Waals surface area contributed by atoms with E-state index < -0.39 is 17.9 Å². The lowest BCUT2D eigenvalue weighted by atomic mass is 10.0. The molecular formula is C7H12O4. The fourth-order valence-corrected chi connectivity index (χ4v) is 0.872. The third kappa shape index (κ3) is 4.36. The predicted molar refractivity (Wildman–Crippen MR) is 38.3 cm³/mol. The molecule has 4 heteroatoms. The molecule has 0 radical (unpaired) electrons. The largest absolute Gasteiger partial charge is 0.481 e. The molecule has 0 aromatic carbocycles. The fraction of sp³-hybridized carbons (Fsp3) is 0.714. The normalized spacial score (nSPS) is 12.5. The van der Waals surface area contributed by atoms with Gasteiger partial charge in [-0.3, -0.25) is 9.59 Å². The van der Waals surface area contributed by atoms with E-state index in [0.29, 0.717) is 12.8 Å². The molecule has 0 saturated heterocycles. The number of carboxylic acid groups (broad SMARTS) is 2. The molecule has 2 N–H and O–H groups in total. The van der Waals surface area contributed by atoms with Crippen LogP contribution in [0.4, 0.5) is 0 Å². The Morgan fingerprint density at radius 1 is 1.36 bits per heavy atom. The van der Waals surface area contributed by atoms with Crippen LogP contribution in [-0.2, 0) is 9.59 Å². The average molecular weight is 160 g/mol. The smallest absolute Gasteiger partial charge is 0.307 e. The average Bonchev–Trinajstić information content (AvgIpc) is 1.86. The Hall–Kier alpha value is -1.06. The van der Waals surface area contributed by atoms with Crippen molar-refractivity contribution in [2.75, 3.05) is 0 Å². The van der Waals surface area contributed by atoms with Crippen molar-refractivity contribution in [3.63, 3.8) is 0 Å². The molecule has 4 nitrogen and oxygen atoms in total. The van der Waals surface area contributed by atoms with Gasteiger partial charge in [-0.15, -0.1) is 0 Å². The van der Waals surface area contributed by atoms with Crippen molar-refractivity contribution in [1.82, 2.24) is 0 Å². The van der Waals surface area contributed by atoms with Gasteiger partial charge in [-0.05, 0) is 6.42 Å². The summed E-state index contributed by atoms with van der Waals surface area (Å²) in [5.74, 6) is -2.79. The van der Waals surface area contributed by atoms with Gasteiger partial charge in [0.2, 0.25) is 0 Å². The van der Waals surface area contributed by atoms with Crippen molar-refractivity contribution >= 4 is 11.9 Å². The minimum Gasteiger partial charge on any atom is -0.481 e. The number of rotatable bonds is 5. The molecule has 0 aliphatic rings. The molecule has 0 amide bonds. The summed E-state index contributed by atoms with van der Waals surface area (Å²) >= 11 is 0. The third-order valence-electron chi connectivity index (χ3n) is 1.41. The molecule has 0 fully saturated rings. The van der Waals surface area contributed by atoms with Gasteiger partial charge in [-0.25, -0.2) is 0 Å². The van der Waals surface area contributed by atoms with Gasteiger partial charge in [0.05, 0.1) is 12.3 Å². The molecule has 0 heterocycles. The van der Waals surface area contributed by atoms with E-state index in [2.05, 4.69) is 0 Å². The standard InChI is InChI=1S/C7H12O4/c1-2-3-5(7(10)11)4-6(8)9/h5H,2-4H2,1H3,(H,8,9)(H,10,11)/t5-/m1/s1. The zero-order valence-electron chi connectivity index (χ0n) is 6.41. The first-order chi connectivity index (χ1) is 5.07. The van der Waals surface area contributed by atoms with Gasteiger partial charge in [0.25, 0.3) is 0 Å². The number of hydrogen-bond acceptors (Lipinski definition) is 2. The molecule has 1 atom stereocenters. The van der Waals surface area contributed by atoms with Crippen LogP contribution in [0.2, 0.25) is 0 Å². The maximum atomic E-state index is 10.4. The van der Waals surface area contributed by atoms with Crippen molar-refractivity contribution in [3.05, 3.63) is 0 Å². The zero-order chi connectivity index (χ0) is 8.85. The molecule has 64 valence electrons. The van der Waals surface area contributed by atoms with Crippen molar-refractivity contribution in [3.8, 4) is 0 Å². The second-order valence-electron chi connectivity index (χ2n) is 2.42. The summed E-state index contributed by atoms with van der Waals surface area (Å²) in [4.78, 5) is 20.5. The lowest BCUT2D eigenvalue weighted by molar-refractivity contribution is -0.148. The third-order valence-corrected chi connectivity index (χ3v) is 1.41. The van der Waals surface area contributed by atoms with E-state index in [-0.39, 0.29) is 6.42 Å². The Kier molecular flexibility index (Phi) is 4.26. The van der Waals surface area contributed by atoms with E-state index in [0.717, 1.165) is 0 Å². The maximum Gasteiger partial charge on any atom is 0.307 e. The minimum absolute atomic E-state index is 0.275. The van der Waals surface area contributed by atoms with Gasteiger partial charge < -0.3 is 10.2 Å². The van der Waals surface area contributed by atoms with E-state index >= 15 is 0 Å². The molecule has 0 aromatic heterocycles. The van der Waals surface area contributed by atoms with E-state index in [1.54, 1.807) is 0 Å². The minimum atomic E-state index is -1.05. The summed E-state index contributed by atoms with van der Waals surface area (Å²) in [6.45, 7) is 1.83. The van der Waals surface area contributed by atoms with Crippen LogP contribution in [0, 0.1) is 5.92 Å². The van der Waals surface area contributed by atoms with Crippen molar-refractivity contribution < 1.29 is 19.8 Å². The van der Waals surface area contributed by atoms with E-state index in [1.165, 1.54) is 0 Å². The van der Waals surface area contributed by atoms with Crippen LogP contribution in [0.1, 0.15) is 26.2 Å². The zero-order valence-corrected chi connectivity index (χ0v) is 6.41. The lowest BCUT2D eigenvalue weighted by Gasteiger charge is -2.06. The molecule has 11 heavy (non-hydrogen) atoms. The van der Waals surface area contributed by atoms with Gasteiger partial charge >= 0.3 is 11.9 Å². The molecule has 0 aliphatic heterocycles. The Balaban J connectivity index is 3.89. The number of aliphatic carboxylic acids is 2. The first-order valence-corrected chi connectivity index (χ1v) is 3.52. The number of hydrogen-bond donors (Lipinski definition) is 2. The lowest BCUT2D eigenvalue weighted by Crippen LogP contribution is -2.17. The Bertz CT molecular complexity index is 153. The summed E-state index contributed by atoms with van der Waals surface area (Å²) in [7, 11) is 0. The van der Waals surface area contributed by atoms with Gasteiger partial charge in [0.15, 0.2) is 0 Å². The quantitative estimate of drug-likeness (QED) is 0.628. The fourth-order valence-electron chi connectivity index (χ4n) is 0.872. The van der Waals surface area contributed by atoms with E-state index in [4.69, 9.17) is 10.2 Å². The SMILES string of the molecule is CCC[C@H](CC(=O)O)C(=O)O. The first kappa shape index (κ1) is 9.94. The summed E-state index contributed by atoms with van der Waals surface area (Å²) in [6.07, 6.45) is 0.856. The van der Waals surface area contributed by atoms with Crippen molar-refractivity contribution in [2.24, 2.45) is 5.92 Å². The Morgan fingerprint density at radius 2 is 1.91 bits per heavy atom. The maximum absolute atomic E-state index is 10.4. The molecule has 0 rings (SSSR count). The van der Waals surface area contributed by atoms with Crippen molar-refractivity contribution in [2.45, 2.75) is 26.2 Å². The molecule has 0 bridgehead atoms. The molecule has 0 unspecified atom stereocenters. The van der Waals surface area contributed by atoms with Crippen LogP contribution in [0.5, 0.6) is 0 Å². The van der Waals surface area contributed by atoms with Gasteiger partial charge in [-0.1, -0.05) is 13.3 Å².